The SMILES string of the molecule is OCCOCCCN=C(Nc1ccccc1)N1CCCCC1. The van der Waals surface area contributed by atoms with Crippen molar-refractivity contribution in [1.82, 2.24) is 4.90 Å². The Hall–Kier alpha value is -1.59. The number of aliphatic hydroxyl groups is 1. The predicted molar refractivity (Wildman–Crippen MR) is 90.3 cm³/mol. The minimum Gasteiger partial charge on any atom is -0.394 e. The fourth-order valence-electron chi connectivity index (χ4n) is 2.49. The zero-order valence-electron chi connectivity index (χ0n) is 13.2. The van der Waals surface area contributed by atoms with Crippen LogP contribution in [-0.2, 0) is 4.74 Å². The molecule has 0 unspecified atom stereocenters. The second-order valence-corrected chi connectivity index (χ2v) is 5.43. The summed E-state index contributed by atoms with van der Waals surface area (Å²) in [4.78, 5) is 7.07. The molecule has 0 aromatic heterocycles. The molecule has 2 rings (SSSR count). The monoisotopic (exact) mass is 305 g/mol. The maximum atomic E-state index is 8.68. The van der Waals surface area contributed by atoms with Crippen molar-refractivity contribution in [3.05, 3.63) is 30.3 Å². The molecular formula is C17H27N3O2. The predicted octanol–water partition coefficient (Wildman–Crippen LogP) is 2.34. The molecule has 1 aromatic rings. The second kappa shape index (κ2) is 10.2. The lowest BCUT2D eigenvalue weighted by molar-refractivity contribution is 0.0917. The smallest absolute Gasteiger partial charge is 0.198 e. The average molecular weight is 305 g/mol. The highest BCUT2D eigenvalue weighted by Crippen LogP contribution is 2.12. The van der Waals surface area contributed by atoms with Gasteiger partial charge < -0.3 is 20.1 Å². The molecule has 0 saturated carbocycles. The van der Waals surface area contributed by atoms with Crippen LogP contribution in [0.15, 0.2) is 35.3 Å². The highest BCUT2D eigenvalue weighted by atomic mass is 16.5. The first-order valence-electron chi connectivity index (χ1n) is 8.20. The summed E-state index contributed by atoms with van der Waals surface area (Å²) < 4.78 is 5.28. The lowest BCUT2D eigenvalue weighted by Crippen LogP contribution is -2.40. The number of likely N-dealkylation sites (tertiary alicyclic amines) is 1. The highest BCUT2D eigenvalue weighted by molar-refractivity contribution is 5.93. The molecule has 0 amide bonds. The van der Waals surface area contributed by atoms with Crippen molar-refractivity contribution in [3.8, 4) is 0 Å². The number of hydrogen-bond acceptors (Lipinski definition) is 3. The van der Waals surface area contributed by atoms with Gasteiger partial charge in [-0.05, 0) is 37.8 Å². The van der Waals surface area contributed by atoms with Crippen LogP contribution in [0.1, 0.15) is 25.7 Å². The van der Waals surface area contributed by atoms with Gasteiger partial charge in [-0.3, -0.25) is 4.99 Å². The van der Waals surface area contributed by atoms with Gasteiger partial charge in [0.15, 0.2) is 5.96 Å². The molecule has 1 saturated heterocycles. The third-order valence-electron chi connectivity index (χ3n) is 3.63. The van der Waals surface area contributed by atoms with Crippen molar-refractivity contribution in [2.45, 2.75) is 25.7 Å². The Kier molecular flexibility index (Phi) is 7.77. The number of para-hydroxylation sites is 1. The van der Waals surface area contributed by atoms with E-state index in [0.717, 1.165) is 37.7 Å². The van der Waals surface area contributed by atoms with Gasteiger partial charge in [-0.2, -0.15) is 0 Å². The van der Waals surface area contributed by atoms with Gasteiger partial charge in [0.05, 0.1) is 13.2 Å². The molecule has 1 aliphatic heterocycles. The van der Waals surface area contributed by atoms with Gasteiger partial charge >= 0.3 is 0 Å². The fraction of sp³-hybridized carbons (Fsp3) is 0.588. The zero-order chi connectivity index (χ0) is 15.5. The van der Waals surface area contributed by atoms with E-state index in [1.807, 2.05) is 18.2 Å². The van der Waals surface area contributed by atoms with Gasteiger partial charge in [-0.25, -0.2) is 0 Å². The maximum absolute atomic E-state index is 8.68. The third-order valence-corrected chi connectivity index (χ3v) is 3.63. The summed E-state index contributed by atoms with van der Waals surface area (Å²) in [6.07, 6.45) is 4.64. The molecule has 0 aliphatic carbocycles. The number of rotatable bonds is 7. The standard InChI is InChI=1S/C17H27N3O2/c21-13-15-22-14-7-10-18-17(20-11-5-2-6-12-20)19-16-8-3-1-4-9-16/h1,3-4,8-9,21H,2,5-7,10-15H2,(H,18,19). The van der Waals surface area contributed by atoms with E-state index in [2.05, 4.69) is 22.3 Å². The van der Waals surface area contributed by atoms with Crippen LogP contribution in [0.25, 0.3) is 0 Å². The fourth-order valence-corrected chi connectivity index (χ4v) is 2.49. The lowest BCUT2D eigenvalue weighted by atomic mass is 10.1. The number of aliphatic imine (C=N–C) groups is 1. The number of nitrogens with one attached hydrogen (secondary N) is 1. The number of benzene rings is 1. The number of guanidine groups is 1. The molecule has 0 radical (unpaired) electrons. The van der Waals surface area contributed by atoms with Gasteiger partial charge in [-0.1, -0.05) is 18.2 Å². The quantitative estimate of drug-likeness (QED) is 0.461. The van der Waals surface area contributed by atoms with E-state index in [1.165, 1.54) is 19.3 Å². The number of ether oxygens (including phenoxy) is 1. The van der Waals surface area contributed by atoms with E-state index in [4.69, 9.17) is 14.8 Å². The Morgan fingerprint density at radius 1 is 1.14 bits per heavy atom. The summed E-state index contributed by atoms with van der Waals surface area (Å²) in [6, 6.07) is 10.2. The first kappa shape index (κ1) is 16.8. The van der Waals surface area contributed by atoms with Crippen molar-refractivity contribution in [2.75, 3.05) is 44.8 Å². The number of nitrogens with zero attached hydrogens (tertiary/aromatic N) is 2. The van der Waals surface area contributed by atoms with E-state index in [0.29, 0.717) is 13.2 Å². The topological polar surface area (TPSA) is 57.1 Å². The molecule has 0 spiro atoms. The normalized spacial score (nSPS) is 15.9. The summed E-state index contributed by atoms with van der Waals surface area (Å²) in [5.41, 5.74) is 1.07. The van der Waals surface area contributed by atoms with E-state index >= 15 is 0 Å². The van der Waals surface area contributed by atoms with Crippen LogP contribution in [0.5, 0.6) is 0 Å². The van der Waals surface area contributed by atoms with Crippen LogP contribution in [0.4, 0.5) is 5.69 Å². The lowest BCUT2D eigenvalue weighted by Gasteiger charge is -2.30. The first-order valence-corrected chi connectivity index (χ1v) is 8.20. The van der Waals surface area contributed by atoms with Gasteiger partial charge in [-0.15, -0.1) is 0 Å². The van der Waals surface area contributed by atoms with Crippen LogP contribution in [0.2, 0.25) is 0 Å². The largest absolute Gasteiger partial charge is 0.394 e. The molecule has 1 aliphatic rings. The van der Waals surface area contributed by atoms with Crippen molar-refractivity contribution in [1.29, 1.82) is 0 Å². The molecule has 5 nitrogen and oxygen atoms in total. The Labute approximate surface area is 133 Å². The number of hydrogen-bond donors (Lipinski definition) is 2. The van der Waals surface area contributed by atoms with Crippen molar-refractivity contribution in [3.63, 3.8) is 0 Å². The molecule has 0 atom stereocenters. The first-order chi connectivity index (χ1) is 10.9. The second-order valence-electron chi connectivity index (χ2n) is 5.43. The molecule has 1 fully saturated rings. The number of anilines is 1. The molecule has 2 N–H and O–H groups in total. The summed E-state index contributed by atoms with van der Waals surface area (Å²) >= 11 is 0. The Bertz CT molecular complexity index is 431. The number of aliphatic hydroxyl groups excluding tert-OH is 1. The van der Waals surface area contributed by atoms with E-state index in [9.17, 15) is 0 Å². The molecule has 1 heterocycles. The summed E-state index contributed by atoms with van der Waals surface area (Å²) in [6.45, 7) is 4.00. The van der Waals surface area contributed by atoms with Gasteiger partial charge in [0.2, 0.25) is 0 Å². The van der Waals surface area contributed by atoms with Gasteiger partial charge in [0.1, 0.15) is 0 Å². The molecular weight excluding hydrogens is 278 g/mol. The van der Waals surface area contributed by atoms with Crippen LogP contribution in [-0.4, -0.2) is 55.4 Å². The summed E-state index contributed by atoms with van der Waals surface area (Å²) in [7, 11) is 0. The maximum Gasteiger partial charge on any atom is 0.198 e. The average Bonchev–Trinajstić information content (AvgIpc) is 2.58. The van der Waals surface area contributed by atoms with Gasteiger partial charge in [0.25, 0.3) is 0 Å². The number of piperidine rings is 1. The highest BCUT2D eigenvalue weighted by Gasteiger charge is 2.14. The molecule has 1 aromatic carbocycles. The Morgan fingerprint density at radius 2 is 1.91 bits per heavy atom. The summed E-state index contributed by atoms with van der Waals surface area (Å²) in [5.74, 6) is 0.966. The minimum absolute atomic E-state index is 0.0812. The van der Waals surface area contributed by atoms with Crippen LogP contribution < -0.4 is 5.32 Å². The zero-order valence-corrected chi connectivity index (χ0v) is 13.2. The molecule has 5 heteroatoms. The van der Waals surface area contributed by atoms with Crippen LogP contribution in [0.3, 0.4) is 0 Å². The molecule has 22 heavy (non-hydrogen) atoms. The Morgan fingerprint density at radius 3 is 2.64 bits per heavy atom. The summed E-state index contributed by atoms with van der Waals surface area (Å²) in [5, 5.41) is 12.1. The van der Waals surface area contributed by atoms with Crippen LogP contribution in [0, 0.1) is 0 Å². The van der Waals surface area contributed by atoms with Gasteiger partial charge in [0, 0.05) is 31.9 Å². The molecule has 122 valence electrons. The van der Waals surface area contributed by atoms with E-state index in [-0.39, 0.29) is 6.61 Å². The van der Waals surface area contributed by atoms with Crippen molar-refractivity contribution >= 4 is 11.6 Å². The van der Waals surface area contributed by atoms with E-state index in [1.54, 1.807) is 0 Å². The minimum atomic E-state index is 0.0812. The molecule has 0 bridgehead atoms. The van der Waals surface area contributed by atoms with Crippen LogP contribution >= 0.6 is 0 Å². The van der Waals surface area contributed by atoms with Crippen molar-refractivity contribution in [2.24, 2.45) is 4.99 Å². The third kappa shape index (κ3) is 6.03. The van der Waals surface area contributed by atoms with E-state index < -0.39 is 0 Å². The van der Waals surface area contributed by atoms with Crippen molar-refractivity contribution < 1.29 is 9.84 Å². The Balaban J connectivity index is 1.88.